The minimum absolute atomic E-state index is 0.118. The molecule has 108 valence electrons. The van der Waals surface area contributed by atoms with Crippen molar-refractivity contribution in [3.8, 4) is 0 Å². The van der Waals surface area contributed by atoms with E-state index in [0.29, 0.717) is 22.3 Å². The van der Waals surface area contributed by atoms with E-state index in [9.17, 15) is 4.39 Å². The third-order valence-electron chi connectivity index (χ3n) is 3.00. The van der Waals surface area contributed by atoms with Gasteiger partial charge in [-0.05, 0) is 18.7 Å². The second-order valence-corrected chi connectivity index (χ2v) is 5.04. The van der Waals surface area contributed by atoms with E-state index < -0.39 is 0 Å². The monoisotopic (exact) mass is 297 g/mol. The molecular formula is C14H17ClFN3O. The standard InChI is InChI=1S/C14H17ClFN3O/c1-3-17-8-9(2)14-18-13(19-20-14)7-10-11(15)5-4-6-12(10)16/h4-6,9,17H,3,7-8H2,1-2H3. The van der Waals surface area contributed by atoms with Gasteiger partial charge in [0.25, 0.3) is 0 Å². The lowest BCUT2D eigenvalue weighted by molar-refractivity contribution is 0.351. The average Bonchev–Trinajstić information content (AvgIpc) is 2.89. The van der Waals surface area contributed by atoms with Crippen LogP contribution in [0.4, 0.5) is 4.39 Å². The molecule has 0 spiro atoms. The lowest BCUT2D eigenvalue weighted by Gasteiger charge is -2.05. The molecule has 1 heterocycles. The molecule has 1 aromatic heterocycles. The van der Waals surface area contributed by atoms with E-state index in [1.165, 1.54) is 6.07 Å². The van der Waals surface area contributed by atoms with E-state index in [2.05, 4.69) is 15.5 Å². The topological polar surface area (TPSA) is 51.0 Å². The predicted octanol–water partition coefficient (Wildman–Crippen LogP) is 3.17. The zero-order valence-electron chi connectivity index (χ0n) is 11.5. The maximum absolute atomic E-state index is 13.7. The molecule has 0 radical (unpaired) electrons. The molecule has 0 fully saturated rings. The summed E-state index contributed by atoms with van der Waals surface area (Å²) in [5.41, 5.74) is 0.390. The molecule has 2 rings (SSSR count). The van der Waals surface area contributed by atoms with E-state index >= 15 is 0 Å². The molecule has 0 amide bonds. The van der Waals surface area contributed by atoms with Crippen LogP contribution in [-0.2, 0) is 6.42 Å². The normalized spacial score (nSPS) is 12.6. The van der Waals surface area contributed by atoms with Gasteiger partial charge in [0.2, 0.25) is 5.89 Å². The summed E-state index contributed by atoms with van der Waals surface area (Å²) < 4.78 is 18.9. The van der Waals surface area contributed by atoms with Crippen molar-refractivity contribution in [3.05, 3.63) is 46.3 Å². The number of aromatic nitrogens is 2. The van der Waals surface area contributed by atoms with Crippen LogP contribution in [0.1, 0.15) is 37.0 Å². The van der Waals surface area contributed by atoms with E-state index in [0.717, 1.165) is 13.1 Å². The van der Waals surface area contributed by atoms with E-state index in [1.54, 1.807) is 12.1 Å². The van der Waals surface area contributed by atoms with Gasteiger partial charge >= 0.3 is 0 Å². The van der Waals surface area contributed by atoms with Crippen molar-refractivity contribution in [3.63, 3.8) is 0 Å². The summed E-state index contributed by atoms with van der Waals surface area (Å²) in [7, 11) is 0. The first-order chi connectivity index (χ1) is 9.61. The Bertz CT molecular complexity index is 553. The van der Waals surface area contributed by atoms with Crippen LogP contribution in [0.5, 0.6) is 0 Å². The summed E-state index contributed by atoms with van der Waals surface area (Å²) in [5, 5.41) is 7.47. The fraction of sp³-hybridized carbons (Fsp3) is 0.429. The summed E-state index contributed by atoms with van der Waals surface area (Å²) >= 11 is 5.98. The number of hydrogen-bond acceptors (Lipinski definition) is 4. The van der Waals surface area contributed by atoms with Crippen LogP contribution >= 0.6 is 11.6 Å². The van der Waals surface area contributed by atoms with Gasteiger partial charge in [-0.25, -0.2) is 4.39 Å². The summed E-state index contributed by atoms with van der Waals surface area (Å²) in [5.74, 6) is 0.751. The molecule has 1 aromatic carbocycles. The molecule has 1 unspecified atom stereocenters. The quantitative estimate of drug-likeness (QED) is 0.890. The smallest absolute Gasteiger partial charge is 0.230 e. The highest BCUT2D eigenvalue weighted by molar-refractivity contribution is 6.31. The number of nitrogens with one attached hydrogen (secondary N) is 1. The molecule has 0 aliphatic rings. The molecule has 1 atom stereocenters. The Balaban J connectivity index is 2.10. The number of rotatable bonds is 6. The Morgan fingerprint density at radius 1 is 1.45 bits per heavy atom. The first-order valence-corrected chi connectivity index (χ1v) is 6.95. The largest absolute Gasteiger partial charge is 0.339 e. The Kier molecular flexibility index (Phi) is 5.09. The zero-order chi connectivity index (χ0) is 14.5. The summed E-state index contributed by atoms with van der Waals surface area (Å²) in [4.78, 5) is 4.30. The summed E-state index contributed by atoms with van der Waals surface area (Å²) in [6.45, 7) is 5.68. The Morgan fingerprint density at radius 2 is 2.25 bits per heavy atom. The number of nitrogens with zero attached hydrogens (tertiary/aromatic N) is 2. The van der Waals surface area contributed by atoms with Crippen molar-refractivity contribution in [1.82, 2.24) is 15.5 Å². The number of benzene rings is 1. The van der Waals surface area contributed by atoms with Crippen LogP contribution in [0.25, 0.3) is 0 Å². The minimum atomic E-state index is -0.357. The predicted molar refractivity (Wildman–Crippen MR) is 75.5 cm³/mol. The molecule has 4 nitrogen and oxygen atoms in total. The van der Waals surface area contributed by atoms with Crippen molar-refractivity contribution in [2.24, 2.45) is 0 Å². The number of hydrogen-bond donors (Lipinski definition) is 1. The number of halogens is 2. The van der Waals surface area contributed by atoms with Crippen LogP contribution in [0.15, 0.2) is 22.7 Å². The highest BCUT2D eigenvalue weighted by Gasteiger charge is 2.16. The van der Waals surface area contributed by atoms with Crippen LogP contribution < -0.4 is 5.32 Å². The molecule has 2 aromatic rings. The van der Waals surface area contributed by atoms with Crippen molar-refractivity contribution >= 4 is 11.6 Å². The van der Waals surface area contributed by atoms with Crippen LogP contribution in [0.2, 0.25) is 5.02 Å². The SMILES string of the molecule is CCNCC(C)c1nc(Cc2c(F)cccc2Cl)no1. The van der Waals surface area contributed by atoms with Crippen molar-refractivity contribution < 1.29 is 8.91 Å². The second-order valence-electron chi connectivity index (χ2n) is 4.63. The van der Waals surface area contributed by atoms with Crippen LogP contribution in [0, 0.1) is 5.82 Å². The molecule has 0 saturated carbocycles. The second kappa shape index (κ2) is 6.81. The van der Waals surface area contributed by atoms with E-state index in [1.807, 2.05) is 13.8 Å². The molecule has 0 aliphatic carbocycles. The van der Waals surface area contributed by atoms with Crippen LogP contribution in [-0.4, -0.2) is 23.2 Å². The van der Waals surface area contributed by atoms with Gasteiger partial charge in [0, 0.05) is 29.5 Å². The highest BCUT2D eigenvalue weighted by atomic mass is 35.5. The van der Waals surface area contributed by atoms with Crippen molar-refractivity contribution in [2.75, 3.05) is 13.1 Å². The third-order valence-corrected chi connectivity index (χ3v) is 3.36. The summed E-state index contributed by atoms with van der Waals surface area (Å²) in [6, 6.07) is 4.59. The highest BCUT2D eigenvalue weighted by Crippen LogP contribution is 2.22. The van der Waals surface area contributed by atoms with E-state index in [4.69, 9.17) is 16.1 Å². The maximum Gasteiger partial charge on any atom is 0.230 e. The van der Waals surface area contributed by atoms with Crippen molar-refractivity contribution in [2.45, 2.75) is 26.2 Å². The molecular weight excluding hydrogens is 281 g/mol. The molecule has 20 heavy (non-hydrogen) atoms. The Hall–Kier alpha value is -1.46. The first kappa shape index (κ1) is 14.9. The Morgan fingerprint density at radius 3 is 2.95 bits per heavy atom. The minimum Gasteiger partial charge on any atom is -0.339 e. The zero-order valence-corrected chi connectivity index (χ0v) is 12.2. The van der Waals surface area contributed by atoms with E-state index in [-0.39, 0.29) is 18.2 Å². The lowest BCUT2D eigenvalue weighted by atomic mass is 10.1. The lowest BCUT2D eigenvalue weighted by Crippen LogP contribution is -2.19. The van der Waals surface area contributed by atoms with Crippen molar-refractivity contribution in [1.29, 1.82) is 0 Å². The fourth-order valence-corrected chi connectivity index (χ4v) is 2.08. The van der Waals surface area contributed by atoms with Crippen LogP contribution in [0.3, 0.4) is 0 Å². The Labute approximate surface area is 122 Å². The molecule has 6 heteroatoms. The van der Waals surface area contributed by atoms with Gasteiger partial charge in [0.15, 0.2) is 5.82 Å². The maximum atomic E-state index is 13.7. The average molecular weight is 298 g/mol. The van der Waals surface area contributed by atoms with Gasteiger partial charge in [-0.3, -0.25) is 0 Å². The third kappa shape index (κ3) is 3.55. The molecule has 1 N–H and O–H groups in total. The van der Waals surface area contributed by atoms with Gasteiger partial charge in [0.05, 0.1) is 0 Å². The molecule has 0 saturated heterocycles. The first-order valence-electron chi connectivity index (χ1n) is 6.58. The number of likely N-dealkylation sites (N-methyl/N-ethyl adjacent to an activating group) is 1. The van der Waals surface area contributed by atoms with Gasteiger partial charge < -0.3 is 9.84 Å². The van der Waals surface area contributed by atoms with Gasteiger partial charge in [-0.1, -0.05) is 36.7 Å². The fourth-order valence-electron chi connectivity index (χ4n) is 1.85. The summed E-state index contributed by atoms with van der Waals surface area (Å²) in [6.07, 6.45) is 0.225. The molecule has 0 bridgehead atoms. The van der Waals surface area contributed by atoms with Gasteiger partial charge in [-0.15, -0.1) is 0 Å². The van der Waals surface area contributed by atoms with Gasteiger partial charge in [-0.2, -0.15) is 4.98 Å². The van der Waals surface area contributed by atoms with Gasteiger partial charge in [0.1, 0.15) is 5.82 Å². The molecule has 0 aliphatic heterocycles.